The number of hydrogen-bond acceptors (Lipinski definition) is 1. The predicted molar refractivity (Wildman–Crippen MR) is 60.9 cm³/mol. The molecule has 0 aliphatic rings. The van der Waals surface area contributed by atoms with E-state index in [0.29, 0.717) is 5.75 Å². The molecule has 1 N–H and O–H groups in total. The summed E-state index contributed by atoms with van der Waals surface area (Å²) in [5.41, 5.74) is 1.09. The second kappa shape index (κ2) is 5.03. The van der Waals surface area contributed by atoms with E-state index in [9.17, 15) is 5.11 Å². The average molecular weight is 205 g/mol. The van der Waals surface area contributed by atoms with Crippen molar-refractivity contribution in [3.8, 4) is 5.75 Å². The molecule has 0 aromatic heterocycles. The molecule has 1 rings (SSSR count). The average Bonchev–Trinajstić information content (AvgIpc) is 1.91. The molecule has 1 aromatic rings. The van der Waals surface area contributed by atoms with Crippen LogP contribution in [0.15, 0.2) is 24.3 Å². The van der Waals surface area contributed by atoms with Gasteiger partial charge in [-0.3, -0.25) is 0 Å². The summed E-state index contributed by atoms with van der Waals surface area (Å²) in [6.45, 7) is 6.91. The Labute approximate surface area is 97.3 Å². The van der Waals surface area contributed by atoms with Gasteiger partial charge in [-0.1, -0.05) is 37.8 Å². The third kappa shape index (κ3) is 4.69. The lowest BCUT2D eigenvalue weighted by atomic mass is 10.2. The maximum Gasteiger partial charge on any atom is 0.118 e. The molecule has 0 atom stereocenters. The summed E-state index contributed by atoms with van der Waals surface area (Å²) in [7, 11) is -1.09. The molecule has 0 fully saturated rings. The highest BCUT2D eigenvalue weighted by molar-refractivity contribution is 6.75. The molecule has 0 bridgehead atoms. The van der Waals surface area contributed by atoms with Crippen LogP contribution in [-0.2, 0) is 6.04 Å². The van der Waals surface area contributed by atoms with Crippen LogP contribution in [0.25, 0.3) is 0 Å². The van der Waals surface area contributed by atoms with Crippen LogP contribution in [0.3, 0.4) is 0 Å². The van der Waals surface area contributed by atoms with Gasteiger partial charge in [0.05, 0.1) is 0 Å². The largest absolute Gasteiger partial charge is 0.508 e. The molecule has 0 aliphatic carbocycles. The van der Waals surface area contributed by atoms with Gasteiger partial charge in [0.15, 0.2) is 0 Å². The third-order valence-electron chi connectivity index (χ3n) is 1.71. The fourth-order valence-corrected chi connectivity index (χ4v) is 2.67. The molecule has 1 aromatic carbocycles. The third-order valence-corrected chi connectivity index (χ3v) is 3.15. The van der Waals surface area contributed by atoms with E-state index in [1.54, 1.807) is 6.07 Å². The molecule has 0 saturated carbocycles. The molecule has 0 unspecified atom stereocenters. The summed E-state index contributed by atoms with van der Waals surface area (Å²) in [6, 6.07) is 8.67. The van der Waals surface area contributed by atoms with Crippen molar-refractivity contribution in [2.24, 2.45) is 0 Å². The summed E-state index contributed by atoms with van der Waals surface area (Å²) < 4.78 is 0. The van der Waals surface area contributed by atoms with Crippen molar-refractivity contribution in [2.75, 3.05) is 0 Å². The van der Waals surface area contributed by atoms with Gasteiger partial charge in [-0.05, 0) is 17.7 Å². The molecule has 2 radical (unpaired) electrons. The molecule has 1 nitrogen and oxygen atoms in total. The van der Waals surface area contributed by atoms with Gasteiger partial charge in [-0.2, -0.15) is 0 Å². The van der Waals surface area contributed by atoms with E-state index in [2.05, 4.69) is 19.6 Å². The summed E-state index contributed by atoms with van der Waals surface area (Å²) in [5.74, 6) is 0.444. The van der Waals surface area contributed by atoms with Gasteiger partial charge in [-0.15, -0.1) is 0 Å². The van der Waals surface area contributed by atoms with Crippen molar-refractivity contribution in [3.63, 3.8) is 0 Å². The molecule has 0 spiro atoms. The van der Waals surface area contributed by atoms with E-state index in [1.807, 2.05) is 18.2 Å². The van der Waals surface area contributed by atoms with Crippen LogP contribution in [0.2, 0.25) is 19.6 Å². The quantitative estimate of drug-likeness (QED) is 0.734. The molecule has 0 amide bonds. The SMILES string of the molecule is C[Si](C)(C)Cc1ccccc1O.[Mg]. The number of phenols is 1. The Morgan fingerprint density at radius 3 is 2.15 bits per heavy atom. The minimum atomic E-state index is -1.09. The minimum Gasteiger partial charge on any atom is -0.508 e. The van der Waals surface area contributed by atoms with Crippen molar-refractivity contribution < 1.29 is 5.11 Å². The van der Waals surface area contributed by atoms with Crippen molar-refractivity contribution in [1.82, 2.24) is 0 Å². The van der Waals surface area contributed by atoms with E-state index in [4.69, 9.17) is 0 Å². The van der Waals surface area contributed by atoms with Gasteiger partial charge in [0.1, 0.15) is 5.75 Å². The van der Waals surface area contributed by atoms with E-state index in [0.717, 1.165) is 11.6 Å². The number of hydrogen-bond donors (Lipinski definition) is 1. The maximum atomic E-state index is 9.50. The Bertz CT molecular complexity index is 268. The fourth-order valence-electron chi connectivity index (χ4n) is 1.23. The highest BCUT2D eigenvalue weighted by Crippen LogP contribution is 2.20. The zero-order valence-corrected chi connectivity index (χ0v) is 11.1. The highest BCUT2D eigenvalue weighted by atomic mass is 28.3. The summed E-state index contributed by atoms with van der Waals surface area (Å²) in [5, 5.41) is 9.50. The van der Waals surface area contributed by atoms with Crippen molar-refractivity contribution in [3.05, 3.63) is 29.8 Å². The van der Waals surface area contributed by atoms with Gasteiger partial charge >= 0.3 is 0 Å². The van der Waals surface area contributed by atoms with Crippen LogP contribution in [-0.4, -0.2) is 36.2 Å². The van der Waals surface area contributed by atoms with Gasteiger partial charge in [0.2, 0.25) is 0 Å². The van der Waals surface area contributed by atoms with Crippen molar-refractivity contribution in [1.29, 1.82) is 0 Å². The monoisotopic (exact) mass is 204 g/mol. The van der Waals surface area contributed by atoms with E-state index < -0.39 is 8.07 Å². The molecular weight excluding hydrogens is 188 g/mol. The molecule has 13 heavy (non-hydrogen) atoms. The summed E-state index contributed by atoms with van der Waals surface area (Å²) in [6.07, 6.45) is 0. The van der Waals surface area contributed by atoms with Crippen LogP contribution in [0, 0.1) is 0 Å². The molecule has 0 aliphatic heterocycles. The zero-order chi connectivity index (χ0) is 9.19. The van der Waals surface area contributed by atoms with Gasteiger partial charge < -0.3 is 5.11 Å². The molecule has 0 heterocycles. The lowest BCUT2D eigenvalue weighted by molar-refractivity contribution is 0.470. The molecule has 68 valence electrons. The minimum absolute atomic E-state index is 0. The predicted octanol–water partition coefficient (Wildman–Crippen LogP) is 2.43. The molecular formula is C10H16MgOSi. The first-order valence-corrected chi connectivity index (χ1v) is 7.97. The highest BCUT2D eigenvalue weighted by Gasteiger charge is 2.15. The number of aromatic hydroxyl groups is 1. The lowest BCUT2D eigenvalue weighted by Gasteiger charge is -2.16. The van der Waals surface area contributed by atoms with E-state index >= 15 is 0 Å². The first-order valence-electron chi connectivity index (χ1n) is 4.26. The van der Waals surface area contributed by atoms with Crippen LogP contribution in [0.4, 0.5) is 0 Å². The molecule has 3 heteroatoms. The second-order valence-corrected chi connectivity index (χ2v) is 9.84. The summed E-state index contributed by atoms with van der Waals surface area (Å²) >= 11 is 0. The Kier molecular flexibility index (Phi) is 5.03. The Morgan fingerprint density at radius 2 is 1.69 bits per heavy atom. The Balaban J connectivity index is 0.00000144. The summed E-state index contributed by atoms with van der Waals surface area (Å²) in [4.78, 5) is 0. The fraction of sp³-hybridized carbons (Fsp3) is 0.400. The van der Waals surface area contributed by atoms with Crippen LogP contribution in [0.5, 0.6) is 5.75 Å². The van der Waals surface area contributed by atoms with Crippen LogP contribution in [0.1, 0.15) is 5.56 Å². The van der Waals surface area contributed by atoms with Crippen molar-refractivity contribution >= 4 is 31.1 Å². The van der Waals surface area contributed by atoms with Gasteiger partial charge in [0, 0.05) is 31.1 Å². The smallest absolute Gasteiger partial charge is 0.118 e. The number of para-hydroxylation sites is 1. The number of rotatable bonds is 2. The Morgan fingerprint density at radius 1 is 1.15 bits per heavy atom. The lowest BCUT2D eigenvalue weighted by Crippen LogP contribution is -2.23. The Hall–Kier alpha value is 0.00312. The number of phenolic OH excluding ortho intramolecular Hbond substituents is 1. The topological polar surface area (TPSA) is 20.2 Å². The van der Waals surface area contributed by atoms with E-state index in [1.165, 1.54) is 0 Å². The molecule has 0 saturated heterocycles. The first kappa shape index (κ1) is 13.0. The van der Waals surface area contributed by atoms with E-state index in [-0.39, 0.29) is 23.1 Å². The first-order chi connectivity index (χ1) is 5.49. The maximum absolute atomic E-state index is 9.50. The van der Waals surface area contributed by atoms with Gasteiger partial charge in [-0.25, -0.2) is 0 Å². The second-order valence-electron chi connectivity index (χ2n) is 4.37. The van der Waals surface area contributed by atoms with Crippen LogP contribution >= 0.6 is 0 Å². The van der Waals surface area contributed by atoms with Crippen LogP contribution < -0.4 is 0 Å². The standard InChI is InChI=1S/C10H16OSi.Mg/c1-12(2,3)8-9-6-4-5-7-10(9)11;/h4-7,11H,8H2,1-3H3;. The van der Waals surface area contributed by atoms with Crippen molar-refractivity contribution in [2.45, 2.75) is 25.7 Å². The van der Waals surface area contributed by atoms with Gasteiger partial charge in [0.25, 0.3) is 0 Å². The normalized spacial score (nSPS) is 10.7. The zero-order valence-electron chi connectivity index (χ0n) is 8.67. The number of benzene rings is 1.